The topological polar surface area (TPSA) is 589 Å². The first-order valence-corrected chi connectivity index (χ1v) is 34.7. The first kappa shape index (κ1) is 81.3. The second-order valence-corrected chi connectivity index (χ2v) is 28.1. The van der Waals surface area contributed by atoms with Crippen LogP contribution in [0, 0.1) is 11.8 Å². The van der Waals surface area contributed by atoms with E-state index < -0.39 is 268 Å². The molecule has 0 aromatic heterocycles. The second kappa shape index (κ2) is 33.7. The van der Waals surface area contributed by atoms with Crippen molar-refractivity contribution in [2.75, 3.05) is 26.7 Å². The van der Waals surface area contributed by atoms with Gasteiger partial charge in [0.05, 0.1) is 35.7 Å². The van der Waals surface area contributed by atoms with E-state index >= 15 is 19.2 Å². The number of carboxylic acid groups (broad SMARTS) is 1. The van der Waals surface area contributed by atoms with Crippen LogP contribution in [0.5, 0.6) is 46.0 Å². The van der Waals surface area contributed by atoms with E-state index in [4.69, 9.17) is 63.1 Å². The highest BCUT2D eigenvalue weighted by molar-refractivity contribution is 6.32. The molecule has 11 bridgehead atoms. The third kappa shape index (κ3) is 18.2. The summed E-state index contributed by atoms with van der Waals surface area (Å²) in [5, 5.41) is 135. The number of hydrogen-bond donors (Lipinski definition) is 21. The highest BCUT2D eigenvalue weighted by Crippen LogP contribution is 2.50. The first-order valence-electron chi connectivity index (χ1n) is 33.9. The summed E-state index contributed by atoms with van der Waals surface area (Å²) in [4.78, 5) is 143. The van der Waals surface area contributed by atoms with Crippen LogP contribution >= 0.6 is 23.2 Å². The molecule has 12 rings (SSSR count). The molecule has 2 saturated heterocycles. The number of phenols is 3. The Morgan fingerprint density at radius 3 is 1.91 bits per heavy atom. The van der Waals surface area contributed by atoms with Gasteiger partial charge >= 0.3 is 5.97 Å². The molecule has 0 radical (unpaired) electrons. The van der Waals surface area contributed by atoms with Crippen molar-refractivity contribution in [2.24, 2.45) is 23.3 Å². The third-order valence-electron chi connectivity index (χ3n) is 18.9. The van der Waals surface area contributed by atoms with Crippen molar-refractivity contribution in [3.05, 3.63) is 117 Å². The molecule has 2 fully saturated rings. The number of ether oxygens (including phenoxy) is 6. The number of carbonyl (C=O) groups is 10. The largest absolute Gasteiger partial charge is 0.508 e. The maximum absolute atomic E-state index is 16.2. The number of carboxylic acids is 1. The fourth-order valence-electron chi connectivity index (χ4n) is 12.8. The summed E-state index contributed by atoms with van der Waals surface area (Å²) >= 11 is 14.2. The zero-order valence-corrected chi connectivity index (χ0v) is 60.1. The van der Waals surface area contributed by atoms with Gasteiger partial charge in [-0.25, -0.2) is 0 Å². The summed E-state index contributed by atoms with van der Waals surface area (Å²) in [6.45, 7) is 3.94. The number of aliphatic carboxylic acids is 1. The molecular formula is C70H81Cl2N11O26. The monoisotopic (exact) mass is 1560 g/mol. The Labute approximate surface area is 629 Å². The summed E-state index contributed by atoms with van der Waals surface area (Å²) < 4.78 is 38.1. The molecular weight excluding hydrogens is 1480 g/mol. The number of benzene rings is 5. The summed E-state index contributed by atoms with van der Waals surface area (Å²) in [5.41, 5.74) is 8.09. The Kier molecular flexibility index (Phi) is 25.1. The lowest BCUT2D eigenvalue weighted by Crippen LogP contribution is -2.63. The van der Waals surface area contributed by atoms with E-state index in [1.807, 2.05) is 5.32 Å². The zero-order chi connectivity index (χ0) is 79.5. The van der Waals surface area contributed by atoms with Gasteiger partial charge in [0, 0.05) is 35.1 Å². The molecule has 109 heavy (non-hydrogen) atoms. The molecule has 7 aliphatic rings. The number of nitrogens with two attached hydrogens (primary N) is 2. The quantitative estimate of drug-likeness (QED) is 0.0506. The number of primary amides is 1. The van der Waals surface area contributed by atoms with Crippen LogP contribution in [-0.4, -0.2) is 210 Å². The van der Waals surface area contributed by atoms with Crippen molar-refractivity contribution < 1.29 is 127 Å². The first-order chi connectivity index (χ1) is 51.4. The van der Waals surface area contributed by atoms with Crippen molar-refractivity contribution in [2.45, 2.75) is 150 Å². The molecule has 37 nitrogen and oxygen atoms in total. The van der Waals surface area contributed by atoms with E-state index in [9.17, 15) is 79.8 Å². The van der Waals surface area contributed by atoms with Crippen molar-refractivity contribution in [1.29, 1.82) is 0 Å². The number of aromatic hydroxyl groups is 3. The molecule has 39 heteroatoms. The molecule has 9 amide bonds. The summed E-state index contributed by atoms with van der Waals surface area (Å²) in [6, 6.07) is -1.14. The second-order valence-electron chi connectivity index (χ2n) is 27.3. The van der Waals surface area contributed by atoms with Gasteiger partial charge in [-0.2, -0.15) is 0 Å². The predicted molar refractivity (Wildman–Crippen MR) is 375 cm³/mol. The fraction of sp³-hybridized carbons (Fsp3) is 0.429. The number of aliphatic hydroxyl groups is 6. The Hall–Kier alpha value is -10.3. The highest BCUT2D eigenvalue weighted by atomic mass is 35.5. The minimum atomic E-state index is -2.39. The van der Waals surface area contributed by atoms with E-state index in [0.717, 1.165) is 66.7 Å². The molecule has 0 spiro atoms. The zero-order valence-electron chi connectivity index (χ0n) is 58.6. The SMILES string of the molecule is CN[C@H](CC(C)C)C(=O)N[C@H]1C(=O)N[C@@H](CC(N)=O)C(=O)N[C@H]2C(=O)N[C@H]3C(=O)N[C@H](C(=O)N[C@H](C(=O)NCC(=O)NCC(=O)O)c4cc(O)cc(O)c4-c4cc3ccc4O)[C@H](O)c3ccc(c(Cl)c3)Oc3cc2cc(c3O[C@H]2O[C@@H](CO)[C@H](O)[C@@H](O)[C@@H]2O[C@H]2C[C@](C)(N)[C@H](C)[C@H](O)O2)Oc2ccc(cc2Cl)[C@H]1O. The van der Waals surface area contributed by atoms with Gasteiger partial charge in [-0.1, -0.05) is 62.2 Å². The van der Waals surface area contributed by atoms with E-state index in [1.165, 1.54) is 19.2 Å². The van der Waals surface area contributed by atoms with Crippen LogP contribution in [0.15, 0.2) is 78.9 Å². The maximum atomic E-state index is 16.2. The van der Waals surface area contributed by atoms with Crippen LogP contribution in [0.3, 0.4) is 0 Å². The number of nitrogens with one attached hydrogen (secondary N) is 9. The minimum Gasteiger partial charge on any atom is -0.508 e. The van der Waals surface area contributed by atoms with Crippen LogP contribution in [0.25, 0.3) is 11.1 Å². The predicted octanol–water partition coefficient (Wildman–Crippen LogP) is -1.46. The van der Waals surface area contributed by atoms with Gasteiger partial charge in [0.1, 0.15) is 102 Å². The number of rotatable bonds is 17. The van der Waals surface area contributed by atoms with Crippen molar-refractivity contribution in [3.63, 3.8) is 0 Å². The Morgan fingerprint density at radius 1 is 0.697 bits per heavy atom. The van der Waals surface area contributed by atoms with Gasteiger partial charge in [0.2, 0.25) is 65.2 Å². The van der Waals surface area contributed by atoms with Crippen LogP contribution < -0.4 is 73.5 Å². The molecule has 18 atom stereocenters. The molecule has 0 saturated carbocycles. The van der Waals surface area contributed by atoms with Gasteiger partial charge in [-0.05, 0) is 109 Å². The number of fused-ring (bicyclic) bond motifs is 15. The Morgan fingerprint density at radius 2 is 1.31 bits per heavy atom. The molecule has 7 aliphatic heterocycles. The normalized spacial score (nSPS) is 28.0. The Bertz CT molecular complexity index is 4380. The van der Waals surface area contributed by atoms with Crippen LogP contribution in [0.1, 0.15) is 105 Å². The summed E-state index contributed by atoms with van der Waals surface area (Å²) in [7, 11) is 1.46. The van der Waals surface area contributed by atoms with Gasteiger partial charge in [0.15, 0.2) is 30.2 Å². The fourth-order valence-corrected chi connectivity index (χ4v) is 13.3. The molecule has 5 aromatic carbocycles. The molecule has 0 unspecified atom stereocenters. The molecule has 586 valence electrons. The van der Waals surface area contributed by atoms with Crippen molar-refractivity contribution >= 4 is 82.3 Å². The summed E-state index contributed by atoms with van der Waals surface area (Å²) in [6.07, 6.45) is -18.3. The molecule has 0 aliphatic carbocycles. The van der Waals surface area contributed by atoms with Crippen molar-refractivity contribution in [3.8, 4) is 57.1 Å². The van der Waals surface area contributed by atoms with E-state index in [0.29, 0.717) is 0 Å². The summed E-state index contributed by atoms with van der Waals surface area (Å²) in [5.74, 6) is -19.2. The minimum absolute atomic E-state index is 0.115. The molecule has 5 aromatic rings. The van der Waals surface area contributed by atoms with E-state index in [-0.39, 0.29) is 40.7 Å². The van der Waals surface area contributed by atoms with Gasteiger partial charge in [0.25, 0.3) is 0 Å². The van der Waals surface area contributed by atoms with Crippen LogP contribution in [0.4, 0.5) is 0 Å². The number of amides is 9. The lowest BCUT2D eigenvalue weighted by atomic mass is 9.82. The van der Waals surface area contributed by atoms with Crippen molar-refractivity contribution in [1.82, 2.24) is 47.9 Å². The number of halogens is 2. The number of likely N-dealkylation sites (N-methyl/N-ethyl adjacent to an activating group) is 1. The molecule has 7 heterocycles. The van der Waals surface area contributed by atoms with Gasteiger partial charge in [-0.15, -0.1) is 0 Å². The van der Waals surface area contributed by atoms with E-state index in [1.54, 1.807) is 27.7 Å². The standard InChI is InChI=1S/C70H81Cl2N11O26/c1-25(2)12-36(75-5)61(96)82-53-55(92)28-7-10-40(34(71)14-28)104-42-16-30-17-43(59(42)109-69-60(58(95)57(94)44(24-84)106-69)107-48-21-70(4,74)26(3)68(103)108-48)105-41-11-8-29(15-35(41)72)56(93)54-67(102)81-52(63(98)77-22-46(89)76-23-47(90)91)33-18-31(85)19-39(87)49(33)32-13-27(6-9-38(32)86)50(64(99)83-54)80-65(100)51(30)79-62(97)37(20-45(73)88)78-66(53)101/h6-11,13-19,25-26,36-37,44,48,50-58,60,68-69,75,84-87,92-95,103H,12,20-24,74H2,1-5H3,(H2,73,88)(H,76,89)(H,77,98)(H,78,101)(H,79,97)(H,80,100)(H,81,102)(H,82,96)(H,83,99)(H,90,91)/t26-,36-,37+,44+,48-,50-,51-,52+,53-,54+,55-,56-,57+,58-,60+,68-,69-,70+/m1/s1. The average Bonchev–Trinajstić information content (AvgIpc) is 0.769. The smallest absolute Gasteiger partial charge is 0.322 e. The van der Waals surface area contributed by atoms with Gasteiger partial charge < -0.3 is 139 Å². The number of aliphatic hydroxyl groups excluding tert-OH is 6. The number of phenolic OH excluding ortho intramolecular Hbond substituents is 3. The van der Waals surface area contributed by atoms with Crippen LogP contribution in [-0.2, 0) is 62.2 Å². The lowest BCUT2D eigenvalue weighted by molar-refractivity contribution is -0.348. The third-order valence-corrected chi connectivity index (χ3v) is 19.5. The lowest BCUT2D eigenvalue weighted by Gasteiger charge is -2.47. The maximum Gasteiger partial charge on any atom is 0.322 e. The Balaban J connectivity index is 1.23. The number of hydrogen-bond acceptors (Lipinski definition) is 27. The molecule has 23 N–H and O–H groups in total. The van der Waals surface area contributed by atoms with E-state index in [2.05, 4.69) is 42.5 Å². The van der Waals surface area contributed by atoms with Gasteiger partial charge in [-0.3, -0.25) is 47.9 Å². The van der Waals surface area contributed by atoms with Crippen LogP contribution in [0.2, 0.25) is 10.0 Å². The highest BCUT2D eigenvalue weighted by Gasteiger charge is 2.52. The average molecular weight is 1560 g/mol. The number of carbonyl (C=O) groups excluding carboxylic acids is 9.